The first kappa shape index (κ1) is 13.8. The van der Waals surface area contributed by atoms with Gasteiger partial charge in [0, 0.05) is 19.5 Å². The molecule has 0 aliphatic carbocycles. The molecule has 4 N–H and O–H groups in total. The molecule has 84 valence electrons. The molecule has 0 radical (unpaired) electrons. The summed E-state index contributed by atoms with van der Waals surface area (Å²) in [4.78, 5) is 10.6. The smallest absolute Gasteiger partial charge is 0.130 e. The molecule has 3 nitrogen and oxygen atoms in total. The van der Waals surface area contributed by atoms with Crippen LogP contribution in [-0.2, 0) is 11.2 Å². The number of nitrogens with two attached hydrogens (primary N) is 2. The molecule has 0 atom stereocenters. The SMILES string of the molecule is CC(=O)CCc1ccccc1.NCCN. The molecule has 0 saturated carbocycles. The Morgan fingerprint density at radius 3 is 2.07 bits per heavy atom. The van der Waals surface area contributed by atoms with E-state index in [1.807, 2.05) is 30.3 Å². The Hall–Kier alpha value is -1.19. The number of carbonyl (C=O) groups excluding carboxylic acids is 1. The molecule has 0 unspecified atom stereocenters. The number of rotatable bonds is 4. The van der Waals surface area contributed by atoms with Gasteiger partial charge in [-0.2, -0.15) is 0 Å². The van der Waals surface area contributed by atoms with Crippen LogP contribution in [0.1, 0.15) is 18.9 Å². The summed E-state index contributed by atoms with van der Waals surface area (Å²) >= 11 is 0. The van der Waals surface area contributed by atoms with Gasteiger partial charge in [-0.25, -0.2) is 0 Å². The van der Waals surface area contributed by atoms with Crippen molar-refractivity contribution in [2.24, 2.45) is 11.5 Å². The van der Waals surface area contributed by atoms with Crippen LogP contribution >= 0.6 is 0 Å². The lowest BCUT2D eigenvalue weighted by Crippen LogP contribution is -2.11. The first-order valence-electron chi connectivity index (χ1n) is 5.14. The third-order valence-corrected chi connectivity index (χ3v) is 1.78. The van der Waals surface area contributed by atoms with Gasteiger partial charge >= 0.3 is 0 Å². The third kappa shape index (κ3) is 9.12. The number of ketones is 1. The molecule has 15 heavy (non-hydrogen) atoms. The van der Waals surface area contributed by atoms with Crippen molar-refractivity contribution in [2.75, 3.05) is 13.1 Å². The van der Waals surface area contributed by atoms with E-state index in [2.05, 4.69) is 0 Å². The van der Waals surface area contributed by atoms with Gasteiger partial charge in [0.05, 0.1) is 0 Å². The van der Waals surface area contributed by atoms with Crippen molar-refractivity contribution >= 4 is 5.78 Å². The van der Waals surface area contributed by atoms with Gasteiger partial charge in [0.1, 0.15) is 5.78 Å². The zero-order valence-electron chi connectivity index (χ0n) is 9.28. The van der Waals surface area contributed by atoms with E-state index in [-0.39, 0.29) is 5.78 Å². The van der Waals surface area contributed by atoms with Crippen molar-refractivity contribution in [1.82, 2.24) is 0 Å². The zero-order chi connectivity index (χ0) is 11.5. The second-order valence-electron chi connectivity index (χ2n) is 3.26. The maximum Gasteiger partial charge on any atom is 0.130 e. The summed E-state index contributed by atoms with van der Waals surface area (Å²) in [5, 5.41) is 0. The van der Waals surface area contributed by atoms with E-state index in [0.29, 0.717) is 19.5 Å². The van der Waals surface area contributed by atoms with Crippen molar-refractivity contribution in [3.8, 4) is 0 Å². The number of benzene rings is 1. The molecule has 0 aliphatic heterocycles. The van der Waals surface area contributed by atoms with E-state index in [4.69, 9.17) is 11.5 Å². The quantitative estimate of drug-likeness (QED) is 0.778. The summed E-state index contributed by atoms with van der Waals surface area (Å²) in [6, 6.07) is 10.1. The van der Waals surface area contributed by atoms with E-state index in [0.717, 1.165) is 6.42 Å². The summed E-state index contributed by atoms with van der Waals surface area (Å²) in [5.74, 6) is 0.258. The Labute approximate surface area is 91.5 Å². The average molecular weight is 208 g/mol. The summed E-state index contributed by atoms with van der Waals surface area (Å²) in [5.41, 5.74) is 11.0. The van der Waals surface area contributed by atoms with Crippen LogP contribution in [0.25, 0.3) is 0 Å². The highest BCUT2D eigenvalue weighted by atomic mass is 16.1. The minimum Gasteiger partial charge on any atom is -0.329 e. The van der Waals surface area contributed by atoms with Crippen LogP contribution < -0.4 is 11.5 Å². The van der Waals surface area contributed by atoms with Crippen LogP contribution in [0.3, 0.4) is 0 Å². The molecule has 0 spiro atoms. The van der Waals surface area contributed by atoms with E-state index >= 15 is 0 Å². The molecule has 0 heterocycles. The summed E-state index contributed by atoms with van der Waals surface area (Å²) in [7, 11) is 0. The van der Waals surface area contributed by atoms with Crippen LogP contribution in [0.15, 0.2) is 30.3 Å². The fourth-order valence-electron chi connectivity index (χ4n) is 0.965. The Bertz CT molecular complexity index is 258. The molecule has 0 fully saturated rings. The van der Waals surface area contributed by atoms with Crippen molar-refractivity contribution in [3.05, 3.63) is 35.9 Å². The zero-order valence-corrected chi connectivity index (χ0v) is 9.28. The van der Waals surface area contributed by atoms with Crippen molar-refractivity contribution < 1.29 is 4.79 Å². The Morgan fingerprint density at radius 1 is 1.13 bits per heavy atom. The van der Waals surface area contributed by atoms with Gasteiger partial charge in [-0.3, -0.25) is 0 Å². The molecule has 0 amide bonds. The number of aryl methyl sites for hydroxylation is 1. The Kier molecular flexibility index (Phi) is 8.63. The first-order chi connectivity index (χ1) is 7.20. The summed E-state index contributed by atoms with van der Waals surface area (Å²) in [6.45, 7) is 2.82. The van der Waals surface area contributed by atoms with Crippen LogP contribution in [0.5, 0.6) is 0 Å². The van der Waals surface area contributed by atoms with Gasteiger partial charge in [0.2, 0.25) is 0 Å². The van der Waals surface area contributed by atoms with Gasteiger partial charge in [0.15, 0.2) is 0 Å². The fraction of sp³-hybridized carbons (Fsp3) is 0.417. The van der Waals surface area contributed by atoms with Crippen LogP contribution in [0.4, 0.5) is 0 Å². The average Bonchev–Trinajstić information content (AvgIpc) is 2.28. The molecule has 0 bridgehead atoms. The maximum atomic E-state index is 10.6. The molecule has 0 aromatic heterocycles. The maximum absolute atomic E-state index is 10.6. The highest BCUT2D eigenvalue weighted by Crippen LogP contribution is 2.01. The van der Waals surface area contributed by atoms with Gasteiger partial charge < -0.3 is 16.3 Å². The third-order valence-electron chi connectivity index (χ3n) is 1.78. The normalized spacial score (nSPS) is 9.00. The van der Waals surface area contributed by atoms with Gasteiger partial charge in [0.25, 0.3) is 0 Å². The minimum absolute atomic E-state index is 0.258. The molecular weight excluding hydrogens is 188 g/mol. The van der Waals surface area contributed by atoms with E-state index < -0.39 is 0 Å². The lowest BCUT2D eigenvalue weighted by Gasteiger charge is -1.96. The lowest BCUT2D eigenvalue weighted by molar-refractivity contribution is -0.116. The predicted molar refractivity (Wildman–Crippen MR) is 63.6 cm³/mol. The van der Waals surface area contributed by atoms with Gasteiger partial charge in [-0.15, -0.1) is 0 Å². The number of carbonyl (C=O) groups is 1. The molecule has 1 aromatic carbocycles. The van der Waals surface area contributed by atoms with Crippen molar-refractivity contribution in [3.63, 3.8) is 0 Å². The molecule has 1 rings (SSSR count). The van der Waals surface area contributed by atoms with Gasteiger partial charge in [-0.1, -0.05) is 30.3 Å². The highest BCUT2D eigenvalue weighted by Gasteiger charge is 1.94. The first-order valence-corrected chi connectivity index (χ1v) is 5.14. The predicted octanol–water partition coefficient (Wildman–Crippen LogP) is 1.11. The minimum atomic E-state index is 0.258. The highest BCUT2D eigenvalue weighted by molar-refractivity contribution is 5.75. The van der Waals surface area contributed by atoms with Crippen LogP contribution in [0.2, 0.25) is 0 Å². The second-order valence-corrected chi connectivity index (χ2v) is 3.26. The monoisotopic (exact) mass is 208 g/mol. The lowest BCUT2D eigenvalue weighted by atomic mass is 10.1. The fourth-order valence-corrected chi connectivity index (χ4v) is 0.965. The van der Waals surface area contributed by atoms with Crippen LogP contribution in [0, 0.1) is 0 Å². The van der Waals surface area contributed by atoms with Crippen LogP contribution in [-0.4, -0.2) is 18.9 Å². The number of Topliss-reactive ketones (excluding diaryl/α,β-unsaturated/α-hetero) is 1. The topological polar surface area (TPSA) is 69.1 Å². The summed E-state index contributed by atoms with van der Waals surface area (Å²) in [6.07, 6.45) is 1.53. The largest absolute Gasteiger partial charge is 0.329 e. The Morgan fingerprint density at radius 2 is 1.67 bits per heavy atom. The molecule has 0 aliphatic rings. The molecule has 3 heteroatoms. The number of hydrogen-bond acceptors (Lipinski definition) is 3. The van der Waals surface area contributed by atoms with E-state index in [1.54, 1.807) is 6.92 Å². The van der Waals surface area contributed by atoms with Crippen molar-refractivity contribution in [1.29, 1.82) is 0 Å². The van der Waals surface area contributed by atoms with Gasteiger partial charge in [-0.05, 0) is 18.9 Å². The van der Waals surface area contributed by atoms with E-state index in [9.17, 15) is 4.79 Å². The van der Waals surface area contributed by atoms with Crippen molar-refractivity contribution in [2.45, 2.75) is 19.8 Å². The summed E-state index contributed by atoms with van der Waals surface area (Å²) < 4.78 is 0. The second kappa shape index (κ2) is 9.37. The molecule has 0 saturated heterocycles. The Balaban J connectivity index is 0.000000423. The molecule has 1 aromatic rings. The molecular formula is C12H20N2O. The standard InChI is InChI=1S/C10H12O.C2H8N2/c1-9(11)7-8-10-5-3-2-4-6-10;3-1-2-4/h2-6H,7-8H2,1H3;1-4H2. The number of hydrogen-bond donors (Lipinski definition) is 2. The van der Waals surface area contributed by atoms with E-state index in [1.165, 1.54) is 5.56 Å².